The molecule has 0 radical (unpaired) electrons. The summed E-state index contributed by atoms with van der Waals surface area (Å²) in [5.74, 6) is -0.798. The molecule has 0 spiro atoms. The third-order valence-corrected chi connectivity index (χ3v) is 3.00. The summed E-state index contributed by atoms with van der Waals surface area (Å²) in [7, 11) is 1.28. The number of amides is 2. The molecule has 3 N–H and O–H groups in total. The van der Waals surface area contributed by atoms with Gasteiger partial charge in [-0.3, -0.25) is 9.59 Å². The summed E-state index contributed by atoms with van der Waals surface area (Å²) < 4.78 is 9.82. The van der Waals surface area contributed by atoms with Gasteiger partial charge in [-0.25, -0.2) is 4.79 Å². The first-order valence-corrected chi connectivity index (χ1v) is 7.23. The Balaban J connectivity index is 2.71. The van der Waals surface area contributed by atoms with Crippen LogP contribution in [-0.4, -0.2) is 37.5 Å². The van der Waals surface area contributed by atoms with E-state index in [2.05, 4.69) is 5.32 Å². The fourth-order valence-corrected chi connectivity index (χ4v) is 1.93. The molecule has 0 saturated heterocycles. The van der Waals surface area contributed by atoms with Crippen molar-refractivity contribution in [3.05, 3.63) is 29.8 Å². The van der Waals surface area contributed by atoms with Crippen LogP contribution in [0.4, 0.5) is 0 Å². The summed E-state index contributed by atoms with van der Waals surface area (Å²) in [6, 6.07) is 5.48. The summed E-state index contributed by atoms with van der Waals surface area (Å²) in [4.78, 5) is 34.6. The van der Waals surface area contributed by atoms with Crippen LogP contribution in [0.1, 0.15) is 30.6 Å². The molecule has 0 aromatic heterocycles. The Bertz CT molecular complexity index is 554. The van der Waals surface area contributed by atoms with Gasteiger partial charge in [0.25, 0.3) is 11.8 Å². The first kappa shape index (κ1) is 18.5. The zero-order valence-electron chi connectivity index (χ0n) is 13.5. The average molecular weight is 322 g/mol. The Kier molecular flexibility index (Phi) is 7.05. The van der Waals surface area contributed by atoms with Gasteiger partial charge >= 0.3 is 5.97 Å². The van der Waals surface area contributed by atoms with Gasteiger partial charge in [-0.05, 0) is 36.6 Å². The topological polar surface area (TPSA) is 108 Å². The zero-order chi connectivity index (χ0) is 17.4. The molecule has 0 heterocycles. The number of rotatable bonds is 8. The van der Waals surface area contributed by atoms with Gasteiger partial charge in [-0.2, -0.15) is 0 Å². The average Bonchev–Trinajstić information content (AvgIpc) is 2.51. The maximum Gasteiger partial charge on any atom is 0.328 e. The van der Waals surface area contributed by atoms with Crippen LogP contribution >= 0.6 is 0 Å². The largest absolute Gasteiger partial charge is 0.484 e. The van der Waals surface area contributed by atoms with Crippen LogP contribution in [0.15, 0.2) is 24.3 Å². The third kappa shape index (κ3) is 6.37. The summed E-state index contributed by atoms with van der Waals surface area (Å²) >= 11 is 0. The highest BCUT2D eigenvalue weighted by Crippen LogP contribution is 2.13. The maximum absolute atomic E-state index is 12.2. The lowest BCUT2D eigenvalue weighted by atomic mass is 10.0. The van der Waals surface area contributed by atoms with Crippen molar-refractivity contribution in [1.29, 1.82) is 0 Å². The first-order valence-electron chi connectivity index (χ1n) is 7.23. The minimum Gasteiger partial charge on any atom is -0.484 e. The van der Waals surface area contributed by atoms with E-state index in [1.54, 1.807) is 12.1 Å². The van der Waals surface area contributed by atoms with Gasteiger partial charge in [-0.1, -0.05) is 13.8 Å². The van der Waals surface area contributed by atoms with Crippen molar-refractivity contribution in [2.75, 3.05) is 13.7 Å². The smallest absolute Gasteiger partial charge is 0.328 e. The number of esters is 1. The molecule has 0 aliphatic rings. The van der Waals surface area contributed by atoms with E-state index in [-0.39, 0.29) is 18.4 Å². The summed E-state index contributed by atoms with van der Waals surface area (Å²) in [6.07, 6.45) is 0.484. The number of nitrogens with one attached hydrogen (secondary N) is 1. The molecule has 0 unspecified atom stereocenters. The van der Waals surface area contributed by atoms with Gasteiger partial charge in [0.05, 0.1) is 7.11 Å². The second-order valence-corrected chi connectivity index (χ2v) is 5.46. The highest BCUT2D eigenvalue weighted by atomic mass is 16.5. The van der Waals surface area contributed by atoms with Crippen LogP contribution in [0.3, 0.4) is 0 Å². The van der Waals surface area contributed by atoms with Gasteiger partial charge in [0, 0.05) is 5.56 Å². The van der Waals surface area contributed by atoms with E-state index in [9.17, 15) is 14.4 Å². The van der Waals surface area contributed by atoms with Gasteiger partial charge < -0.3 is 20.5 Å². The van der Waals surface area contributed by atoms with Crippen molar-refractivity contribution >= 4 is 17.8 Å². The number of carbonyl (C=O) groups excluding carboxylic acids is 3. The van der Waals surface area contributed by atoms with Crippen molar-refractivity contribution in [1.82, 2.24) is 5.32 Å². The van der Waals surface area contributed by atoms with Crippen molar-refractivity contribution in [3.8, 4) is 5.75 Å². The molecule has 1 aromatic carbocycles. The Morgan fingerprint density at radius 3 is 2.26 bits per heavy atom. The van der Waals surface area contributed by atoms with Gasteiger partial charge in [0.15, 0.2) is 6.61 Å². The van der Waals surface area contributed by atoms with Crippen LogP contribution in [0.5, 0.6) is 5.75 Å². The quantitative estimate of drug-likeness (QED) is 0.690. The molecule has 0 bridgehead atoms. The van der Waals surface area contributed by atoms with E-state index in [1.165, 1.54) is 19.2 Å². The van der Waals surface area contributed by atoms with Crippen LogP contribution in [0.2, 0.25) is 0 Å². The minimum absolute atomic E-state index is 0.226. The number of carbonyl (C=O) groups is 3. The van der Waals surface area contributed by atoms with E-state index < -0.39 is 17.9 Å². The molecule has 0 aliphatic heterocycles. The highest BCUT2D eigenvalue weighted by molar-refractivity contribution is 5.96. The minimum atomic E-state index is -0.696. The van der Waals surface area contributed by atoms with E-state index >= 15 is 0 Å². The molecule has 0 aliphatic carbocycles. The lowest BCUT2D eigenvalue weighted by Gasteiger charge is -2.18. The van der Waals surface area contributed by atoms with E-state index in [1.807, 2.05) is 13.8 Å². The second kappa shape index (κ2) is 8.77. The third-order valence-electron chi connectivity index (χ3n) is 3.00. The molecular weight excluding hydrogens is 300 g/mol. The first-order chi connectivity index (χ1) is 10.8. The molecule has 7 nitrogen and oxygen atoms in total. The normalized spacial score (nSPS) is 11.7. The molecule has 0 fully saturated rings. The SMILES string of the molecule is COC(=O)[C@@H](CC(C)C)NC(=O)c1ccc(OCC(N)=O)cc1. The van der Waals surface area contributed by atoms with Crippen LogP contribution in [0.25, 0.3) is 0 Å². The Hall–Kier alpha value is -2.57. The van der Waals surface area contributed by atoms with Crippen molar-refractivity contribution in [2.24, 2.45) is 11.7 Å². The molecule has 1 aromatic rings. The van der Waals surface area contributed by atoms with Crippen LogP contribution in [0, 0.1) is 5.92 Å². The van der Waals surface area contributed by atoms with Crippen molar-refractivity contribution in [2.45, 2.75) is 26.3 Å². The van der Waals surface area contributed by atoms with Crippen molar-refractivity contribution < 1.29 is 23.9 Å². The molecule has 7 heteroatoms. The van der Waals surface area contributed by atoms with Crippen LogP contribution < -0.4 is 15.8 Å². The van der Waals surface area contributed by atoms with E-state index in [0.717, 1.165) is 0 Å². The van der Waals surface area contributed by atoms with Gasteiger partial charge in [-0.15, -0.1) is 0 Å². The Morgan fingerprint density at radius 1 is 1.17 bits per heavy atom. The second-order valence-electron chi connectivity index (χ2n) is 5.46. The molecular formula is C16H22N2O5. The maximum atomic E-state index is 12.2. The summed E-state index contributed by atoms with van der Waals surface area (Å²) in [6.45, 7) is 3.67. The van der Waals surface area contributed by atoms with Gasteiger partial charge in [0.2, 0.25) is 0 Å². The monoisotopic (exact) mass is 322 g/mol. The zero-order valence-corrected chi connectivity index (χ0v) is 13.5. The number of nitrogens with two attached hydrogens (primary N) is 1. The van der Waals surface area contributed by atoms with Gasteiger partial charge in [0.1, 0.15) is 11.8 Å². The Morgan fingerprint density at radius 2 is 1.78 bits per heavy atom. The van der Waals surface area contributed by atoms with Crippen molar-refractivity contribution in [3.63, 3.8) is 0 Å². The molecule has 1 rings (SSSR count). The number of hydrogen-bond acceptors (Lipinski definition) is 5. The van der Waals surface area contributed by atoms with E-state index in [0.29, 0.717) is 17.7 Å². The molecule has 126 valence electrons. The predicted molar refractivity (Wildman–Crippen MR) is 83.9 cm³/mol. The Labute approximate surface area is 135 Å². The summed E-state index contributed by atoms with van der Waals surface area (Å²) in [5.41, 5.74) is 5.35. The standard InChI is InChI=1S/C16H22N2O5/c1-10(2)8-13(16(21)22-3)18-15(20)11-4-6-12(7-5-11)23-9-14(17)19/h4-7,10,13H,8-9H2,1-3H3,(H2,17,19)(H,18,20)/t13-/m1/s1. The number of methoxy groups -OCH3 is 1. The lowest BCUT2D eigenvalue weighted by Crippen LogP contribution is -2.42. The summed E-state index contributed by atoms with van der Waals surface area (Å²) in [5, 5.41) is 2.66. The van der Waals surface area contributed by atoms with Crippen LogP contribution in [-0.2, 0) is 14.3 Å². The highest BCUT2D eigenvalue weighted by Gasteiger charge is 2.23. The number of hydrogen-bond donors (Lipinski definition) is 2. The molecule has 0 saturated carbocycles. The predicted octanol–water partition coefficient (Wildman–Crippen LogP) is 0.868. The number of primary amides is 1. The molecule has 1 atom stereocenters. The number of ether oxygens (including phenoxy) is 2. The fraction of sp³-hybridized carbons (Fsp3) is 0.438. The molecule has 23 heavy (non-hydrogen) atoms. The number of benzene rings is 1. The molecule has 2 amide bonds. The lowest BCUT2D eigenvalue weighted by molar-refractivity contribution is -0.143. The van der Waals surface area contributed by atoms with E-state index in [4.69, 9.17) is 15.2 Å². The fourth-order valence-electron chi connectivity index (χ4n) is 1.93.